The van der Waals surface area contributed by atoms with E-state index in [4.69, 9.17) is 4.74 Å². The molecule has 6 heteroatoms. The molecule has 0 bridgehead atoms. The summed E-state index contributed by atoms with van der Waals surface area (Å²) in [4.78, 5) is 25.1. The Morgan fingerprint density at radius 3 is 2.20 bits per heavy atom. The van der Waals surface area contributed by atoms with Crippen LogP contribution in [-0.4, -0.2) is 18.4 Å². The zero-order chi connectivity index (χ0) is 21.5. The number of carbonyl (C=O) groups is 2. The Kier molecular flexibility index (Phi) is 7.25. The molecule has 154 valence electrons. The number of amides is 2. The third-order valence-electron chi connectivity index (χ3n) is 4.33. The fourth-order valence-corrected chi connectivity index (χ4v) is 3.20. The molecule has 0 unspecified atom stereocenters. The fraction of sp³-hybridized carbons (Fsp3) is 0.167. The van der Waals surface area contributed by atoms with Crippen LogP contribution in [0.15, 0.2) is 71.2 Å². The zero-order valence-corrected chi connectivity index (χ0v) is 18.5. The Hall–Kier alpha value is -3.12. The Balaban J connectivity index is 1.68. The van der Waals surface area contributed by atoms with Crippen LogP contribution in [0.4, 0.5) is 11.4 Å². The molecule has 0 aliphatic rings. The third kappa shape index (κ3) is 5.70. The fourth-order valence-electron chi connectivity index (χ4n) is 2.84. The van der Waals surface area contributed by atoms with Gasteiger partial charge in [-0.05, 0) is 67.9 Å². The van der Waals surface area contributed by atoms with Crippen molar-refractivity contribution in [2.24, 2.45) is 0 Å². The lowest BCUT2D eigenvalue weighted by Crippen LogP contribution is -2.14. The van der Waals surface area contributed by atoms with Crippen molar-refractivity contribution in [3.05, 3.63) is 87.9 Å². The minimum atomic E-state index is -0.265. The molecule has 0 heterocycles. The third-order valence-corrected chi connectivity index (χ3v) is 4.82. The standard InChI is InChI=1S/C24H23BrN2O3/c1-3-13-30-22-12-7-18(25)15-21(22)24(29)27-20-10-8-19(9-11-20)26-23(28)17-6-4-5-16(2)14-17/h4-12,14-15H,3,13H2,1-2H3,(H,26,28)(H,27,29). The number of ether oxygens (including phenoxy) is 1. The minimum Gasteiger partial charge on any atom is -0.493 e. The quantitative estimate of drug-likeness (QED) is 0.445. The van der Waals surface area contributed by atoms with Gasteiger partial charge >= 0.3 is 0 Å². The highest BCUT2D eigenvalue weighted by atomic mass is 79.9. The van der Waals surface area contributed by atoms with Crippen molar-refractivity contribution < 1.29 is 14.3 Å². The second-order valence-electron chi connectivity index (χ2n) is 6.84. The van der Waals surface area contributed by atoms with Gasteiger partial charge in [0.1, 0.15) is 5.75 Å². The number of aryl methyl sites for hydroxylation is 1. The number of carbonyl (C=O) groups excluding carboxylic acids is 2. The van der Waals surface area contributed by atoms with E-state index in [1.807, 2.05) is 38.1 Å². The van der Waals surface area contributed by atoms with Crippen LogP contribution in [0.1, 0.15) is 39.6 Å². The van der Waals surface area contributed by atoms with Crippen molar-refractivity contribution in [3.63, 3.8) is 0 Å². The van der Waals surface area contributed by atoms with Crippen molar-refractivity contribution in [2.75, 3.05) is 17.2 Å². The van der Waals surface area contributed by atoms with Crippen LogP contribution in [0, 0.1) is 6.92 Å². The second kappa shape index (κ2) is 10.1. The maximum absolute atomic E-state index is 12.7. The summed E-state index contributed by atoms with van der Waals surface area (Å²) in [5.74, 6) is 0.0980. The van der Waals surface area contributed by atoms with E-state index in [2.05, 4.69) is 26.6 Å². The van der Waals surface area contributed by atoms with Crippen LogP contribution >= 0.6 is 15.9 Å². The highest BCUT2D eigenvalue weighted by Crippen LogP contribution is 2.25. The number of rotatable bonds is 7. The summed E-state index contributed by atoms with van der Waals surface area (Å²) in [5, 5.41) is 5.73. The molecule has 5 nitrogen and oxygen atoms in total. The lowest BCUT2D eigenvalue weighted by molar-refractivity contribution is 0.101. The van der Waals surface area contributed by atoms with E-state index >= 15 is 0 Å². The topological polar surface area (TPSA) is 67.4 Å². The van der Waals surface area contributed by atoms with Gasteiger partial charge in [0.05, 0.1) is 12.2 Å². The molecule has 0 aliphatic carbocycles. The largest absolute Gasteiger partial charge is 0.493 e. The van der Waals surface area contributed by atoms with E-state index in [1.54, 1.807) is 42.5 Å². The van der Waals surface area contributed by atoms with Crippen molar-refractivity contribution in [1.29, 1.82) is 0 Å². The summed E-state index contributed by atoms with van der Waals surface area (Å²) in [5.41, 5.74) is 3.34. The molecule has 0 aromatic heterocycles. The molecule has 0 atom stereocenters. The molecule has 0 radical (unpaired) electrons. The van der Waals surface area contributed by atoms with Crippen molar-refractivity contribution in [2.45, 2.75) is 20.3 Å². The Morgan fingerprint density at radius 2 is 1.57 bits per heavy atom. The summed E-state index contributed by atoms with van der Waals surface area (Å²) < 4.78 is 6.48. The van der Waals surface area contributed by atoms with Gasteiger partial charge in [0.2, 0.25) is 0 Å². The van der Waals surface area contributed by atoms with Crippen molar-refractivity contribution in [3.8, 4) is 5.75 Å². The SMILES string of the molecule is CCCOc1ccc(Br)cc1C(=O)Nc1ccc(NC(=O)c2cccc(C)c2)cc1. The van der Waals surface area contributed by atoms with E-state index in [1.165, 1.54) is 0 Å². The van der Waals surface area contributed by atoms with E-state index < -0.39 is 0 Å². The zero-order valence-electron chi connectivity index (χ0n) is 16.9. The minimum absolute atomic E-state index is 0.178. The highest BCUT2D eigenvalue weighted by Gasteiger charge is 2.14. The van der Waals surface area contributed by atoms with Gasteiger partial charge in [-0.1, -0.05) is 40.5 Å². The number of halogens is 1. The first-order chi connectivity index (χ1) is 14.5. The van der Waals surface area contributed by atoms with Crippen LogP contribution in [0.5, 0.6) is 5.75 Å². The summed E-state index contributed by atoms with van der Waals surface area (Å²) in [7, 11) is 0. The Morgan fingerprint density at radius 1 is 0.900 bits per heavy atom. The molecule has 2 amide bonds. The van der Waals surface area contributed by atoms with Crippen LogP contribution in [0.25, 0.3) is 0 Å². The Bertz CT molecular complexity index is 1050. The molecular weight excluding hydrogens is 444 g/mol. The van der Waals surface area contributed by atoms with Gasteiger partial charge in [-0.2, -0.15) is 0 Å². The van der Waals surface area contributed by atoms with Crippen LogP contribution in [-0.2, 0) is 0 Å². The molecule has 3 aromatic carbocycles. The Labute approximate surface area is 184 Å². The molecule has 3 aromatic rings. The first kappa shape index (κ1) is 21.6. The number of benzene rings is 3. The molecule has 0 aliphatic heterocycles. The smallest absolute Gasteiger partial charge is 0.259 e. The number of nitrogens with one attached hydrogen (secondary N) is 2. The maximum Gasteiger partial charge on any atom is 0.259 e. The maximum atomic E-state index is 12.7. The monoisotopic (exact) mass is 466 g/mol. The molecule has 30 heavy (non-hydrogen) atoms. The molecule has 2 N–H and O–H groups in total. The van der Waals surface area contributed by atoms with E-state index in [0.717, 1.165) is 16.5 Å². The molecule has 0 saturated heterocycles. The van der Waals surface area contributed by atoms with E-state index in [0.29, 0.717) is 34.9 Å². The number of hydrogen-bond donors (Lipinski definition) is 2. The molecule has 0 spiro atoms. The summed E-state index contributed by atoms with van der Waals surface area (Å²) in [6, 6.07) is 19.7. The van der Waals surface area contributed by atoms with Crippen molar-refractivity contribution >= 4 is 39.1 Å². The molecule has 0 saturated carbocycles. The van der Waals surface area contributed by atoms with Gasteiger partial charge in [-0.25, -0.2) is 0 Å². The number of hydrogen-bond acceptors (Lipinski definition) is 3. The van der Waals surface area contributed by atoms with Gasteiger partial charge in [-0.15, -0.1) is 0 Å². The highest BCUT2D eigenvalue weighted by molar-refractivity contribution is 9.10. The second-order valence-corrected chi connectivity index (χ2v) is 7.76. The average molecular weight is 467 g/mol. The lowest BCUT2D eigenvalue weighted by atomic mass is 10.1. The average Bonchev–Trinajstić information content (AvgIpc) is 2.74. The van der Waals surface area contributed by atoms with E-state index in [-0.39, 0.29) is 11.8 Å². The summed E-state index contributed by atoms with van der Waals surface area (Å²) >= 11 is 3.40. The van der Waals surface area contributed by atoms with Gasteiger partial charge in [-0.3, -0.25) is 9.59 Å². The first-order valence-corrected chi connectivity index (χ1v) is 10.5. The van der Waals surface area contributed by atoms with Crippen LogP contribution < -0.4 is 15.4 Å². The van der Waals surface area contributed by atoms with E-state index in [9.17, 15) is 9.59 Å². The number of anilines is 2. The molecule has 0 fully saturated rings. The normalized spacial score (nSPS) is 10.4. The predicted molar refractivity (Wildman–Crippen MR) is 123 cm³/mol. The van der Waals surface area contributed by atoms with Crippen LogP contribution in [0.3, 0.4) is 0 Å². The summed E-state index contributed by atoms with van der Waals surface area (Å²) in [6.07, 6.45) is 0.854. The molecule has 3 rings (SSSR count). The first-order valence-electron chi connectivity index (χ1n) is 9.68. The molecular formula is C24H23BrN2O3. The predicted octanol–water partition coefficient (Wildman–Crippen LogP) is 6.05. The van der Waals surface area contributed by atoms with Gasteiger partial charge in [0.15, 0.2) is 0 Å². The van der Waals surface area contributed by atoms with Gasteiger partial charge < -0.3 is 15.4 Å². The van der Waals surface area contributed by atoms with Crippen molar-refractivity contribution in [1.82, 2.24) is 0 Å². The summed E-state index contributed by atoms with van der Waals surface area (Å²) in [6.45, 7) is 4.49. The van der Waals surface area contributed by atoms with Gasteiger partial charge in [0.25, 0.3) is 11.8 Å². The van der Waals surface area contributed by atoms with Crippen LogP contribution in [0.2, 0.25) is 0 Å². The lowest BCUT2D eigenvalue weighted by Gasteiger charge is -2.12. The van der Waals surface area contributed by atoms with Gasteiger partial charge in [0, 0.05) is 21.4 Å².